The van der Waals surface area contributed by atoms with Crippen molar-refractivity contribution in [3.8, 4) is 11.5 Å². The molecule has 0 spiro atoms. The van der Waals surface area contributed by atoms with Crippen LogP contribution in [0.15, 0.2) is 95.9 Å². The van der Waals surface area contributed by atoms with Gasteiger partial charge in [-0.25, -0.2) is 8.42 Å². The van der Waals surface area contributed by atoms with E-state index in [1.54, 1.807) is 48.5 Å². The van der Waals surface area contributed by atoms with Crippen LogP contribution in [0, 0.1) is 0 Å². The molecular formula is C24H18N2O4S. The van der Waals surface area contributed by atoms with Crippen LogP contribution >= 0.6 is 0 Å². The molecule has 154 valence electrons. The molecule has 0 atom stereocenters. The minimum Gasteiger partial charge on any atom is -0.457 e. The zero-order chi connectivity index (χ0) is 21.4. The summed E-state index contributed by atoms with van der Waals surface area (Å²) < 4.78 is 32.9. The van der Waals surface area contributed by atoms with Crippen LogP contribution < -0.4 is 14.4 Å². The van der Waals surface area contributed by atoms with Crippen molar-refractivity contribution in [1.82, 2.24) is 0 Å². The molecule has 0 radical (unpaired) electrons. The Morgan fingerprint density at radius 2 is 1.48 bits per heavy atom. The number of anilines is 2. The van der Waals surface area contributed by atoms with Crippen LogP contribution in [0.25, 0.3) is 10.8 Å². The summed E-state index contributed by atoms with van der Waals surface area (Å²) in [5, 5.41) is 4.24. The van der Waals surface area contributed by atoms with Gasteiger partial charge in [-0.05, 0) is 53.9 Å². The van der Waals surface area contributed by atoms with Crippen LogP contribution in [0.1, 0.15) is 0 Å². The molecule has 31 heavy (non-hydrogen) atoms. The summed E-state index contributed by atoms with van der Waals surface area (Å²) in [5.74, 6) is 0.922. The summed E-state index contributed by atoms with van der Waals surface area (Å²) in [6.07, 6.45) is 0. The molecule has 1 amide bonds. The fraction of sp³-hybridized carbons (Fsp3) is 0.0417. The van der Waals surface area contributed by atoms with Gasteiger partial charge < -0.3 is 10.1 Å². The van der Waals surface area contributed by atoms with Crippen molar-refractivity contribution in [2.45, 2.75) is 4.90 Å². The second-order valence-electron chi connectivity index (χ2n) is 7.13. The first-order valence-electron chi connectivity index (χ1n) is 9.70. The van der Waals surface area contributed by atoms with Crippen molar-refractivity contribution >= 4 is 38.1 Å². The van der Waals surface area contributed by atoms with Gasteiger partial charge in [0.1, 0.15) is 18.0 Å². The van der Waals surface area contributed by atoms with E-state index < -0.39 is 15.9 Å². The molecule has 6 nitrogen and oxygen atoms in total. The molecule has 0 saturated heterocycles. The van der Waals surface area contributed by atoms with Gasteiger partial charge in [-0.3, -0.25) is 9.10 Å². The first-order chi connectivity index (χ1) is 15.0. The predicted molar refractivity (Wildman–Crippen MR) is 120 cm³/mol. The highest BCUT2D eigenvalue weighted by atomic mass is 32.2. The summed E-state index contributed by atoms with van der Waals surface area (Å²) in [4.78, 5) is 12.9. The Morgan fingerprint density at radius 3 is 2.23 bits per heavy atom. The quantitative estimate of drug-likeness (QED) is 0.494. The second kappa shape index (κ2) is 7.45. The summed E-state index contributed by atoms with van der Waals surface area (Å²) >= 11 is 0. The average Bonchev–Trinajstić information content (AvgIpc) is 2.99. The monoisotopic (exact) mass is 430 g/mol. The summed E-state index contributed by atoms with van der Waals surface area (Å²) in [6, 6.07) is 26.8. The summed E-state index contributed by atoms with van der Waals surface area (Å²) in [7, 11) is -3.77. The second-order valence-corrected chi connectivity index (χ2v) is 8.96. The largest absolute Gasteiger partial charge is 0.457 e. The van der Waals surface area contributed by atoms with Crippen molar-refractivity contribution in [3.05, 3.63) is 91.0 Å². The fourth-order valence-corrected chi connectivity index (χ4v) is 5.36. The van der Waals surface area contributed by atoms with Gasteiger partial charge in [-0.2, -0.15) is 0 Å². The fourth-order valence-electron chi connectivity index (χ4n) is 3.69. The maximum absolute atomic E-state index is 13.0. The van der Waals surface area contributed by atoms with Crippen LogP contribution in [0.2, 0.25) is 0 Å². The van der Waals surface area contributed by atoms with E-state index in [1.165, 1.54) is 0 Å². The van der Waals surface area contributed by atoms with Gasteiger partial charge in [0.15, 0.2) is 0 Å². The number of ether oxygens (including phenoxy) is 1. The molecule has 5 rings (SSSR count). The molecule has 0 bridgehead atoms. The number of carbonyl (C=O) groups excluding carboxylic acids is 1. The third-order valence-corrected chi connectivity index (χ3v) is 6.89. The zero-order valence-electron chi connectivity index (χ0n) is 16.4. The highest BCUT2D eigenvalue weighted by Crippen LogP contribution is 2.41. The number of nitrogens with one attached hydrogen (secondary N) is 1. The average molecular weight is 430 g/mol. The van der Waals surface area contributed by atoms with Gasteiger partial charge in [0.25, 0.3) is 10.0 Å². The molecule has 0 fully saturated rings. The number of para-hydroxylation sites is 1. The minimum absolute atomic E-state index is 0.232. The van der Waals surface area contributed by atoms with E-state index in [9.17, 15) is 13.2 Å². The molecule has 1 aliphatic rings. The lowest BCUT2D eigenvalue weighted by molar-refractivity contribution is -0.114. The van der Waals surface area contributed by atoms with Gasteiger partial charge in [0, 0.05) is 11.1 Å². The van der Waals surface area contributed by atoms with Crippen molar-refractivity contribution in [1.29, 1.82) is 0 Å². The van der Waals surface area contributed by atoms with Crippen LogP contribution in [0.5, 0.6) is 11.5 Å². The molecular weight excluding hydrogens is 412 g/mol. The van der Waals surface area contributed by atoms with Crippen molar-refractivity contribution in [2.75, 3.05) is 16.2 Å². The maximum atomic E-state index is 13.0. The van der Waals surface area contributed by atoms with Gasteiger partial charge in [0.2, 0.25) is 5.91 Å². The lowest BCUT2D eigenvalue weighted by Crippen LogP contribution is -2.35. The van der Waals surface area contributed by atoms with E-state index in [-0.39, 0.29) is 11.4 Å². The number of benzene rings is 4. The zero-order valence-corrected chi connectivity index (χ0v) is 17.2. The standard InChI is InChI=1S/C24H18N2O4S/c27-23(25-18-12-14-20(15-13-18)30-19-8-2-1-3-9-19)16-26-21-10-4-6-17-7-5-11-22(24(17)21)31(26,28)29/h1-15H,16H2,(H,25,27). The summed E-state index contributed by atoms with van der Waals surface area (Å²) in [6.45, 7) is -0.307. The smallest absolute Gasteiger partial charge is 0.265 e. The molecule has 7 heteroatoms. The molecule has 0 aliphatic carbocycles. The van der Waals surface area contributed by atoms with Crippen molar-refractivity contribution in [3.63, 3.8) is 0 Å². The number of amides is 1. The molecule has 0 aromatic heterocycles. The van der Waals surface area contributed by atoms with E-state index >= 15 is 0 Å². The van der Waals surface area contributed by atoms with Gasteiger partial charge in [0.05, 0.1) is 10.6 Å². The number of sulfonamides is 1. The first kappa shape index (κ1) is 19.1. The van der Waals surface area contributed by atoms with E-state index in [0.29, 0.717) is 28.3 Å². The first-order valence-corrected chi connectivity index (χ1v) is 11.1. The lowest BCUT2D eigenvalue weighted by atomic mass is 10.1. The van der Waals surface area contributed by atoms with Crippen LogP contribution in [-0.2, 0) is 14.8 Å². The van der Waals surface area contributed by atoms with Crippen LogP contribution in [-0.4, -0.2) is 20.9 Å². The summed E-state index contributed by atoms with van der Waals surface area (Å²) in [5.41, 5.74) is 1.08. The van der Waals surface area contributed by atoms with Gasteiger partial charge >= 0.3 is 0 Å². The van der Waals surface area contributed by atoms with Gasteiger partial charge in [-0.15, -0.1) is 0 Å². The normalized spacial score (nSPS) is 13.9. The van der Waals surface area contributed by atoms with Crippen molar-refractivity contribution in [2.24, 2.45) is 0 Å². The van der Waals surface area contributed by atoms with Crippen LogP contribution in [0.4, 0.5) is 11.4 Å². The molecule has 0 unspecified atom stereocenters. The Hall–Kier alpha value is -3.84. The van der Waals surface area contributed by atoms with Gasteiger partial charge in [-0.1, -0.05) is 42.5 Å². The number of carbonyl (C=O) groups is 1. The van der Waals surface area contributed by atoms with Crippen molar-refractivity contribution < 1.29 is 17.9 Å². The third-order valence-electron chi connectivity index (χ3n) is 5.09. The highest BCUT2D eigenvalue weighted by molar-refractivity contribution is 7.93. The molecule has 0 saturated carbocycles. The molecule has 4 aromatic carbocycles. The number of hydrogen-bond donors (Lipinski definition) is 1. The molecule has 1 heterocycles. The lowest BCUT2D eigenvalue weighted by Gasteiger charge is -2.18. The van der Waals surface area contributed by atoms with E-state index in [4.69, 9.17) is 4.74 Å². The Labute approximate surface area is 179 Å². The molecule has 4 aromatic rings. The van der Waals surface area contributed by atoms with E-state index in [2.05, 4.69) is 5.32 Å². The number of hydrogen-bond acceptors (Lipinski definition) is 4. The highest BCUT2D eigenvalue weighted by Gasteiger charge is 2.36. The third kappa shape index (κ3) is 3.49. The van der Waals surface area contributed by atoms with Crippen LogP contribution in [0.3, 0.4) is 0 Å². The maximum Gasteiger partial charge on any atom is 0.265 e. The Kier molecular flexibility index (Phi) is 4.60. The minimum atomic E-state index is -3.77. The van der Waals surface area contributed by atoms with E-state index in [1.807, 2.05) is 42.5 Å². The topological polar surface area (TPSA) is 75.7 Å². The Morgan fingerprint density at radius 1 is 0.806 bits per heavy atom. The number of rotatable bonds is 5. The SMILES string of the molecule is O=C(CN1c2cccc3cccc(c23)S1(=O)=O)Nc1ccc(Oc2ccccc2)cc1. The number of nitrogens with zero attached hydrogens (tertiary/aromatic N) is 1. The van der Waals surface area contributed by atoms with E-state index in [0.717, 1.165) is 9.69 Å². The predicted octanol–water partition coefficient (Wildman–Crippen LogP) is 4.78. The molecule has 1 aliphatic heterocycles. The Balaban J connectivity index is 1.32. The Bertz CT molecular complexity index is 1380. The molecule has 1 N–H and O–H groups in total.